The summed E-state index contributed by atoms with van der Waals surface area (Å²) in [7, 11) is 4.15. The van der Waals surface area contributed by atoms with Crippen LogP contribution in [0.4, 0.5) is 0 Å². The van der Waals surface area contributed by atoms with Crippen LogP contribution in [0.15, 0.2) is 16.3 Å². The van der Waals surface area contributed by atoms with Crippen molar-refractivity contribution in [2.45, 2.75) is 17.9 Å². The van der Waals surface area contributed by atoms with Crippen molar-refractivity contribution in [1.82, 2.24) is 9.80 Å². The zero-order chi connectivity index (χ0) is 12.6. The lowest BCUT2D eigenvalue weighted by Gasteiger charge is -2.22. The second-order valence-corrected chi connectivity index (χ2v) is 6.32. The molecule has 3 nitrogen and oxygen atoms in total. The van der Waals surface area contributed by atoms with E-state index in [1.165, 1.54) is 11.3 Å². The zero-order valence-corrected chi connectivity index (χ0v) is 12.1. The predicted molar refractivity (Wildman–Crippen MR) is 74.1 cm³/mol. The van der Waals surface area contributed by atoms with E-state index in [-0.39, 0.29) is 5.91 Å². The molecule has 1 aromatic heterocycles. The first-order chi connectivity index (χ1) is 7.99. The molecule has 1 aliphatic heterocycles. The molecule has 2 unspecified atom stereocenters. The topological polar surface area (TPSA) is 23.6 Å². The molecule has 0 radical (unpaired) electrons. The molecule has 1 amide bonds. The van der Waals surface area contributed by atoms with Gasteiger partial charge in [0.05, 0.1) is 4.88 Å². The Labute approximate surface area is 112 Å². The van der Waals surface area contributed by atoms with Gasteiger partial charge in [0.25, 0.3) is 5.91 Å². The van der Waals surface area contributed by atoms with Crippen LogP contribution in [-0.4, -0.2) is 48.9 Å². The summed E-state index contributed by atoms with van der Waals surface area (Å²) in [5.41, 5.74) is 0. The van der Waals surface area contributed by atoms with Gasteiger partial charge in [0.2, 0.25) is 0 Å². The van der Waals surface area contributed by atoms with Gasteiger partial charge in [-0.25, -0.2) is 0 Å². The third kappa shape index (κ3) is 2.67. The lowest BCUT2D eigenvalue weighted by Crippen LogP contribution is -2.35. The number of carbonyl (C=O) groups excluding carboxylic acids is 1. The summed E-state index contributed by atoms with van der Waals surface area (Å²) in [6, 6.07) is 2.32. The van der Waals surface area contributed by atoms with Crippen LogP contribution >= 0.6 is 24.0 Å². The molecule has 2 heterocycles. The molecule has 1 fully saturated rings. The molecule has 0 bridgehead atoms. The van der Waals surface area contributed by atoms with Crippen LogP contribution in [0.2, 0.25) is 0 Å². The number of carbonyl (C=O) groups is 1. The second kappa shape index (κ2) is 5.00. The van der Waals surface area contributed by atoms with Crippen molar-refractivity contribution in [2.24, 2.45) is 5.92 Å². The second-order valence-electron chi connectivity index (χ2n) is 4.89. The fourth-order valence-corrected chi connectivity index (χ4v) is 3.50. The Morgan fingerprint density at radius 1 is 1.53 bits per heavy atom. The Hall–Kier alpha value is -0.520. The van der Waals surface area contributed by atoms with Gasteiger partial charge in [-0.3, -0.25) is 4.79 Å². The van der Waals surface area contributed by atoms with Crippen LogP contribution in [-0.2, 0) is 0 Å². The van der Waals surface area contributed by atoms with Gasteiger partial charge in [0.15, 0.2) is 0 Å². The number of hydrogen-bond acceptors (Lipinski definition) is 4. The van der Waals surface area contributed by atoms with Crippen molar-refractivity contribution < 1.29 is 4.79 Å². The van der Waals surface area contributed by atoms with Crippen LogP contribution in [0, 0.1) is 5.92 Å². The first-order valence-corrected chi connectivity index (χ1v) is 7.05. The fraction of sp³-hybridized carbons (Fsp3) is 0.583. The number of amides is 1. The Morgan fingerprint density at radius 2 is 2.24 bits per heavy atom. The van der Waals surface area contributed by atoms with E-state index >= 15 is 0 Å². The van der Waals surface area contributed by atoms with Crippen LogP contribution in [0.3, 0.4) is 0 Å². The van der Waals surface area contributed by atoms with Crippen molar-refractivity contribution in [3.8, 4) is 0 Å². The average Bonchev–Trinajstić information content (AvgIpc) is 2.83. The van der Waals surface area contributed by atoms with Crippen molar-refractivity contribution in [1.29, 1.82) is 0 Å². The minimum atomic E-state index is 0.145. The summed E-state index contributed by atoms with van der Waals surface area (Å²) >= 11 is 5.72. The molecule has 1 aliphatic rings. The minimum Gasteiger partial charge on any atom is -0.336 e. The predicted octanol–water partition coefficient (Wildman–Crippen LogP) is 2.06. The van der Waals surface area contributed by atoms with Gasteiger partial charge in [0, 0.05) is 29.4 Å². The summed E-state index contributed by atoms with van der Waals surface area (Å²) < 4.78 is 0. The number of likely N-dealkylation sites (tertiary alicyclic amines) is 1. The fourth-order valence-electron chi connectivity index (χ4n) is 2.38. The highest BCUT2D eigenvalue weighted by Gasteiger charge is 2.34. The number of rotatable bonds is 2. The van der Waals surface area contributed by atoms with Gasteiger partial charge in [0.1, 0.15) is 0 Å². The van der Waals surface area contributed by atoms with E-state index in [9.17, 15) is 4.79 Å². The zero-order valence-electron chi connectivity index (χ0n) is 10.4. The van der Waals surface area contributed by atoms with E-state index in [2.05, 4.69) is 38.5 Å². The summed E-state index contributed by atoms with van der Waals surface area (Å²) in [5.74, 6) is 0.677. The van der Waals surface area contributed by atoms with Gasteiger partial charge in [-0.1, -0.05) is 6.92 Å². The maximum absolute atomic E-state index is 12.3. The Bertz CT molecular complexity index is 416. The van der Waals surface area contributed by atoms with E-state index in [4.69, 9.17) is 0 Å². The molecule has 0 N–H and O–H groups in total. The highest BCUT2D eigenvalue weighted by atomic mass is 32.1. The third-order valence-electron chi connectivity index (χ3n) is 3.32. The lowest BCUT2D eigenvalue weighted by atomic mass is 10.1. The van der Waals surface area contributed by atoms with E-state index in [0.29, 0.717) is 12.0 Å². The first kappa shape index (κ1) is 12.9. The molecule has 17 heavy (non-hydrogen) atoms. The van der Waals surface area contributed by atoms with Crippen LogP contribution in [0.5, 0.6) is 0 Å². The van der Waals surface area contributed by atoms with Gasteiger partial charge in [-0.15, -0.1) is 24.0 Å². The van der Waals surface area contributed by atoms with E-state index in [1.807, 2.05) is 16.3 Å². The molecular formula is C12H18N2OS2. The van der Waals surface area contributed by atoms with E-state index in [0.717, 1.165) is 22.9 Å². The number of hydrogen-bond donors (Lipinski definition) is 1. The molecule has 5 heteroatoms. The molecule has 0 aliphatic carbocycles. The van der Waals surface area contributed by atoms with Crippen molar-refractivity contribution >= 4 is 29.9 Å². The molecule has 1 saturated heterocycles. The lowest BCUT2D eigenvalue weighted by molar-refractivity contribution is 0.0786. The SMILES string of the molecule is CC1CN(C(=O)c2cc(S)cs2)CC1N(C)C. The number of thiophene rings is 1. The highest BCUT2D eigenvalue weighted by molar-refractivity contribution is 7.80. The molecule has 94 valence electrons. The van der Waals surface area contributed by atoms with Crippen LogP contribution in [0.25, 0.3) is 0 Å². The van der Waals surface area contributed by atoms with Gasteiger partial charge in [-0.05, 0) is 26.1 Å². The molecule has 2 atom stereocenters. The largest absolute Gasteiger partial charge is 0.336 e. The standard InChI is InChI=1S/C12H18N2OS2/c1-8-5-14(6-10(8)13(2)3)12(15)11-4-9(16)7-17-11/h4,7-8,10,16H,5-6H2,1-3H3. The van der Waals surface area contributed by atoms with Crippen LogP contribution in [0.1, 0.15) is 16.6 Å². The Balaban J connectivity index is 2.08. The molecule has 0 spiro atoms. The Morgan fingerprint density at radius 3 is 2.71 bits per heavy atom. The molecule has 1 aromatic rings. The quantitative estimate of drug-likeness (QED) is 0.832. The number of likely N-dealkylation sites (N-methyl/N-ethyl adjacent to an activating group) is 1. The summed E-state index contributed by atoms with van der Waals surface area (Å²) in [6.45, 7) is 3.88. The van der Waals surface area contributed by atoms with E-state index < -0.39 is 0 Å². The van der Waals surface area contributed by atoms with Gasteiger partial charge >= 0.3 is 0 Å². The molecule has 0 aromatic carbocycles. The van der Waals surface area contributed by atoms with Crippen molar-refractivity contribution in [3.05, 3.63) is 16.3 Å². The highest BCUT2D eigenvalue weighted by Crippen LogP contribution is 2.25. The molecule has 0 saturated carbocycles. The van der Waals surface area contributed by atoms with Crippen LogP contribution < -0.4 is 0 Å². The minimum absolute atomic E-state index is 0.145. The van der Waals surface area contributed by atoms with E-state index in [1.54, 1.807) is 0 Å². The van der Waals surface area contributed by atoms with Gasteiger partial charge in [-0.2, -0.15) is 0 Å². The number of thiol groups is 1. The normalized spacial score (nSPS) is 24.6. The Kier molecular flexibility index (Phi) is 3.80. The maximum atomic E-state index is 12.3. The number of nitrogens with zero attached hydrogens (tertiary/aromatic N) is 2. The maximum Gasteiger partial charge on any atom is 0.264 e. The smallest absolute Gasteiger partial charge is 0.264 e. The molecule has 2 rings (SSSR count). The summed E-state index contributed by atoms with van der Waals surface area (Å²) in [6.07, 6.45) is 0. The summed E-state index contributed by atoms with van der Waals surface area (Å²) in [5, 5.41) is 1.90. The first-order valence-electron chi connectivity index (χ1n) is 5.72. The monoisotopic (exact) mass is 270 g/mol. The average molecular weight is 270 g/mol. The van der Waals surface area contributed by atoms with Crippen molar-refractivity contribution in [2.75, 3.05) is 27.2 Å². The summed E-state index contributed by atoms with van der Waals surface area (Å²) in [4.78, 5) is 18.1. The third-order valence-corrected chi connectivity index (χ3v) is 4.67. The molecular weight excluding hydrogens is 252 g/mol. The van der Waals surface area contributed by atoms with Gasteiger partial charge < -0.3 is 9.80 Å². The van der Waals surface area contributed by atoms with Crippen molar-refractivity contribution in [3.63, 3.8) is 0 Å².